The largest absolute Gasteiger partial charge is 0.368 e. The lowest BCUT2D eigenvalue weighted by molar-refractivity contribution is 0.389. The topological polar surface area (TPSA) is 66.5 Å². The SMILES string of the molecule is CC(C)(C)CCNc1ncnc2[nH]cnc12. The highest BCUT2D eigenvalue weighted by Crippen LogP contribution is 2.19. The Morgan fingerprint density at radius 2 is 2.06 bits per heavy atom. The molecular formula is C11H17N5. The molecule has 0 saturated heterocycles. The van der Waals surface area contributed by atoms with Crippen molar-refractivity contribution in [2.75, 3.05) is 11.9 Å². The molecule has 0 bridgehead atoms. The first-order valence-electron chi connectivity index (χ1n) is 5.44. The lowest BCUT2D eigenvalue weighted by atomic mass is 9.92. The number of anilines is 1. The van der Waals surface area contributed by atoms with Gasteiger partial charge in [-0.25, -0.2) is 15.0 Å². The summed E-state index contributed by atoms with van der Waals surface area (Å²) in [7, 11) is 0. The molecule has 0 fully saturated rings. The number of nitrogens with one attached hydrogen (secondary N) is 2. The van der Waals surface area contributed by atoms with Crippen LogP contribution in [-0.2, 0) is 0 Å². The van der Waals surface area contributed by atoms with Crippen LogP contribution in [0.2, 0.25) is 0 Å². The van der Waals surface area contributed by atoms with E-state index in [9.17, 15) is 0 Å². The second kappa shape index (κ2) is 4.08. The predicted molar refractivity (Wildman–Crippen MR) is 64.2 cm³/mol. The minimum absolute atomic E-state index is 0.324. The monoisotopic (exact) mass is 219 g/mol. The Morgan fingerprint density at radius 1 is 1.25 bits per heavy atom. The molecule has 2 aromatic rings. The van der Waals surface area contributed by atoms with Crippen LogP contribution in [0.1, 0.15) is 27.2 Å². The van der Waals surface area contributed by atoms with Gasteiger partial charge >= 0.3 is 0 Å². The van der Waals surface area contributed by atoms with Crippen molar-refractivity contribution in [3.8, 4) is 0 Å². The van der Waals surface area contributed by atoms with Crippen molar-refractivity contribution in [1.29, 1.82) is 0 Å². The van der Waals surface area contributed by atoms with Crippen molar-refractivity contribution >= 4 is 17.0 Å². The van der Waals surface area contributed by atoms with Gasteiger partial charge in [-0.05, 0) is 11.8 Å². The van der Waals surface area contributed by atoms with E-state index >= 15 is 0 Å². The third-order valence-electron chi connectivity index (χ3n) is 2.38. The van der Waals surface area contributed by atoms with Gasteiger partial charge < -0.3 is 10.3 Å². The van der Waals surface area contributed by atoms with Crippen molar-refractivity contribution in [2.45, 2.75) is 27.2 Å². The van der Waals surface area contributed by atoms with Crippen LogP contribution >= 0.6 is 0 Å². The van der Waals surface area contributed by atoms with Gasteiger partial charge in [0.15, 0.2) is 11.5 Å². The zero-order valence-corrected chi connectivity index (χ0v) is 9.91. The maximum Gasteiger partial charge on any atom is 0.162 e. The zero-order chi connectivity index (χ0) is 11.6. The van der Waals surface area contributed by atoms with Gasteiger partial charge in [0, 0.05) is 6.54 Å². The van der Waals surface area contributed by atoms with Crippen LogP contribution in [0.4, 0.5) is 5.82 Å². The molecule has 5 nitrogen and oxygen atoms in total. The number of hydrogen-bond acceptors (Lipinski definition) is 4. The van der Waals surface area contributed by atoms with Gasteiger partial charge in [-0.2, -0.15) is 0 Å². The Morgan fingerprint density at radius 3 is 2.81 bits per heavy atom. The van der Waals surface area contributed by atoms with Gasteiger partial charge in [-0.15, -0.1) is 0 Å². The summed E-state index contributed by atoms with van der Waals surface area (Å²) < 4.78 is 0. The summed E-state index contributed by atoms with van der Waals surface area (Å²) in [6.07, 6.45) is 4.26. The zero-order valence-electron chi connectivity index (χ0n) is 9.91. The van der Waals surface area contributed by atoms with E-state index in [4.69, 9.17) is 0 Å². The maximum atomic E-state index is 4.19. The highest BCUT2D eigenvalue weighted by molar-refractivity contribution is 5.81. The molecule has 0 unspecified atom stereocenters. The van der Waals surface area contributed by atoms with Gasteiger partial charge in [0.2, 0.25) is 0 Å². The number of imidazole rings is 1. The van der Waals surface area contributed by atoms with Crippen LogP contribution in [0.15, 0.2) is 12.7 Å². The second-order valence-corrected chi connectivity index (χ2v) is 5.06. The molecule has 0 spiro atoms. The van der Waals surface area contributed by atoms with E-state index in [1.54, 1.807) is 12.7 Å². The van der Waals surface area contributed by atoms with Crippen molar-refractivity contribution in [3.63, 3.8) is 0 Å². The highest BCUT2D eigenvalue weighted by atomic mass is 15.1. The minimum atomic E-state index is 0.324. The molecule has 0 amide bonds. The molecule has 0 aliphatic carbocycles. The van der Waals surface area contributed by atoms with Crippen molar-refractivity contribution in [1.82, 2.24) is 19.9 Å². The number of aromatic nitrogens is 4. The van der Waals surface area contributed by atoms with E-state index in [1.165, 1.54) is 0 Å². The molecule has 2 heterocycles. The third-order valence-corrected chi connectivity index (χ3v) is 2.38. The lowest BCUT2D eigenvalue weighted by Crippen LogP contribution is -2.13. The normalized spacial score (nSPS) is 11.9. The Labute approximate surface area is 94.7 Å². The molecule has 86 valence electrons. The fourth-order valence-corrected chi connectivity index (χ4v) is 1.45. The molecule has 2 aromatic heterocycles. The number of fused-ring (bicyclic) bond motifs is 1. The summed E-state index contributed by atoms with van der Waals surface area (Å²) >= 11 is 0. The van der Waals surface area contributed by atoms with Gasteiger partial charge in [0.1, 0.15) is 11.8 Å². The standard InChI is InChI=1S/C11H17N5/c1-11(2,3)4-5-12-9-8-10(14-6-13-8)16-7-15-9/h6-7H,4-5H2,1-3H3,(H2,12,13,14,15,16). The summed E-state index contributed by atoms with van der Waals surface area (Å²) in [5.41, 5.74) is 1.90. The Balaban J connectivity index is 2.07. The van der Waals surface area contributed by atoms with Crippen LogP contribution in [0.25, 0.3) is 11.2 Å². The molecule has 0 atom stereocenters. The fourth-order valence-electron chi connectivity index (χ4n) is 1.45. The van der Waals surface area contributed by atoms with E-state index in [0.717, 1.165) is 29.9 Å². The van der Waals surface area contributed by atoms with Crippen LogP contribution in [-0.4, -0.2) is 26.5 Å². The van der Waals surface area contributed by atoms with Crippen LogP contribution in [0.3, 0.4) is 0 Å². The average Bonchev–Trinajstić information content (AvgIpc) is 2.64. The summed E-state index contributed by atoms with van der Waals surface area (Å²) in [6.45, 7) is 7.55. The summed E-state index contributed by atoms with van der Waals surface area (Å²) in [6, 6.07) is 0. The summed E-state index contributed by atoms with van der Waals surface area (Å²) in [5.74, 6) is 0.801. The summed E-state index contributed by atoms with van der Waals surface area (Å²) in [4.78, 5) is 15.4. The molecular weight excluding hydrogens is 202 g/mol. The van der Waals surface area contributed by atoms with E-state index in [-0.39, 0.29) is 0 Å². The Bertz CT molecular complexity index is 468. The molecule has 0 radical (unpaired) electrons. The molecule has 2 N–H and O–H groups in total. The van der Waals surface area contributed by atoms with E-state index in [0.29, 0.717) is 5.41 Å². The first-order valence-corrected chi connectivity index (χ1v) is 5.44. The number of nitrogens with zero attached hydrogens (tertiary/aromatic N) is 3. The third kappa shape index (κ3) is 2.48. The quantitative estimate of drug-likeness (QED) is 0.830. The second-order valence-electron chi connectivity index (χ2n) is 5.06. The Hall–Kier alpha value is -1.65. The van der Waals surface area contributed by atoms with Crippen LogP contribution in [0.5, 0.6) is 0 Å². The molecule has 2 rings (SSSR count). The Kier molecular flexibility index (Phi) is 2.77. The fraction of sp³-hybridized carbons (Fsp3) is 0.545. The van der Waals surface area contributed by atoms with Crippen LogP contribution in [0, 0.1) is 5.41 Å². The van der Waals surface area contributed by atoms with E-state index in [1.807, 2.05) is 0 Å². The van der Waals surface area contributed by atoms with Gasteiger partial charge in [-0.3, -0.25) is 0 Å². The van der Waals surface area contributed by atoms with Crippen molar-refractivity contribution in [3.05, 3.63) is 12.7 Å². The molecule has 0 aliphatic heterocycles. The molecule has 0 aliphatic rings. The van der Waals surface area contributed by atoms with E-state index in [2.05, 4.69) is 46.0 Å². The molecule has 16 heavy (non-hydrogen) atoms. The number of aromatic amines is 1. The first-order chi connectivity index (χ1) is 7.56. The van der Waals surface area contributed by atoms with Crippen LogP contribution < -0.4 is 5.32 Å². The van der Waals surface area contributed by atoms with Crippen molar-refractivity contribution < 1.29 is 0 Å². The average molecular weight is 219 g/mol. The molecule has 5 heteroatoms. The maximum absolute atomic E-state index is 4.19. The van der Waals surface area contributed by atoms with E-state index < -0.39 is 0 Å². The summed E-state index contributed by atoms with van der Waals surface area (Å²) in [5, 5.41) is 3.30. The number of rotatable bonds is 3. The van der Waals surface area contributed by atoms with Gasteiger partial charge in [-0.1, -0.05) is 20.8 Å². The smallest absolute Gasteiger partial charge is 0.162 e. The van der Waals surface area contributed by atoms with Gasteiger partial charge in [0.05, 0.1) is 6.33 Å². The first kappa shape index (κ1) is 10.9. The van der Waals surface area contributed by atoms with Crippen molar-refractivity contribution in [2.24, 2.45) is 5.41 Å². The minimum Gasteiger partial charge on any atom is -0.368 e. The lowest BCUT2D eigenvalue weighted by Gasteiger charge is -2.18. The number of H-pyrrole nitrogens is 1. The predicted octanol–water partition coefficient (Wildman–Crippen LogP) is 2.20. The molecule has 0 aromatic carbocycles. The molecule has 0 saturated carbocycles. The highest BCUT2D eigenvalue weighted by Gasteiger charge is 2.10. The van der Waals surface area contributed by atoms with Gasteiger partial charge in [0.25, 0.3) is 0 Å². The number of hydrogen-bond donors (Lipinski definition) is 2.